The Bertz CT molecular complexity index is 451. The quantitative estimate of drug-likeness (QED) is 0.748. The Balaban J connectivity index is 2.00. The summed E-state index contributed by atoms with van der Waals surface area (Å²) in [4.78, 5) is 4.11. The Kier molecular flexibility index (Phi) is 3.56. The molecular weight excluding hydrogens is 228 g/mol. The number of hydrogen-bond donors (Lipinski definition) is 0. The molecule has 0 saturated carbocycles. The number of alkyl halides is 1. The van der Waals surface area contributed by atoms with E-state index < -0.39 is 0 Å². The average Bonchev–Trinajstić information content (AvgIpc) is 2.87. The van der Waals surface area contributed by atoms with Crippen LogP contribution in [0.15, 0.2) is 17.0 Å². The molecule has 0 aliphatic carbocycles. The first kappa shape index (κ1) is 11.1. The third-order valence-electron chi connectivity index (χ3n) is 2.31. The molecule has 0 aromatic carbocycles. The van der Waals surface area contributed by atoms with Gasteiger partial charge in [0.15, 0.2) is 6.39 Å². The molecule has 0 N–H and O–H groups in total. The van der Waals surface area contributed by atoms with Crippen LogP contribution < -0.4 is 0 Å². The molecule has 86 valence electrons. The maximum atomic E-state index is 5.62. The molecule has 5 nitrogen and oxygen atoms in total. The van der Waals surface area contributed by atoms with E-state index in [4.69, 9.17) is 16.0 Å². The summed E-state index contributed by atoms with van der Waals surface area (Å²) in [6.45, 7) is 2.48. The van der Waals surface area contributed by atoms with Gasteiger partial charge in [-0.2, -0.15) is 0 Å². The van der Waals surface area contributed by atoms with Crippen molar-refractivity contribution in [2.24, 2.45) is 0 Å². The third-order valence-corrected chi connectivity index (χ3v) is 2.58. The van der Waals surface area contributed by atoms with Crippen LogP contribution in [0.1, 0.15) is 23.6 Å². The number of aryl methyl sites for hydroxylation is 2. The van der Waals surface area contributed by atoms with E-state index in [1.54, 1.807) is 4.68 Å². The normalized spacial score (nSPS) is 10.9. The summed E-state index contributed by atoms with van der Waals surface area (Å²) in [5, 5.41) is 8.09. The van der Waals surface area contributed by atoms with Crippen molar-refractivity contribution in [3.8, 4) is 0 Å². The van der Waals surface area contributed by atoms with Gasteiger partial charge in [-0.25, -0.2) is 9.67 Å². The molecule has 0 bridgehead atoms. The van der Waals surface area contributed by atoms with Crippen molar-refractivity contribution in [1.29, 1.82) is 0 Å². The molecule has 0 radical (unpaired) electrons. The van der Waals surface area contributed by atoms with Crippen LogP contribution in [-0.4, -0.2) is 25.9 Å². The van der Waals surface area contributed by atoms with E-state index in [0.29, 0.717) is 12.4 Å². The molecule has 0 spiro atoms. The molecular formula is C10H13ClN4O. The lowest BCUT2D eigenvalue weighted by Crippen LogP contribution is -2.01. The van der Waals surface area contributed by atoms with Gasteiger partial charge in [0.1, 0.15) is 11.5 Å². The van der Waals surface area contributed by atoms with Crippen molar-refractivity contribution in [1.82, 2.24) is 20.0 Å². The van der Waals surface area contributed by atoms with Gasteiger partial charge in [0, 0.05) is 12.1 Å². The van der Waals surface area contributed by atoms with E-state index in [1.165, 1.54) is 6.39 Å². The van der Waals surface area contributed by atoms with Crippen molar-refractivity contribution in [3.05, 3.63) is 29.7 Å². The van der Waals surface area contributed by atoms with Gasteiger partial charge in [0.25, 0.3) is 0 Å². The van der Waals surface area contributed by atoms with Crippen LogP contribution in [0.3, 0.4) is 0 Å². The Morgan fingerprint density at radius 3 is 3.06 bits per heavy atom. The molecule has 2 heterocycles. The van der Waals surface area contributed by atoms with E-state index >= 15 is 0 Å². The highest BCUT2D eigenvalue weighted by atomic mass is 35.5. The summed E-state index contributed by atoms with van der Waals surface area (Å²) < 4.78 is 6.88. The molecule has 0 atom stereocenters. The van der Waals surface area contributed by atoms with Gasteiger partial charge in [-0.3, -0.25) is 0 Å². The molecule has 0 unspecified atom stereocenters. The second-order valence-electron chi connectivity index (χ2n) is 3.56. The number of halogens is 1. The van der Waals surface area contributed by atoms with E-state index in [9.17, 15) is 0 Å². The molecule has 0 amide bonds. The van der Waals surface area contributed by atoms with Gasteiger partial charge in [-0.15, -0.1) is 16.7 Å². The minimum atomic E-state index is 0.593. The Morgan fingerprint density at radius 1 is 1.50 bits per heavy atom. The summed E-state index contributed by atoms with van der Waals surface area (Å²) in [6.07, 6.45) is 5.14. The van der Waals surface area contributed by atoms with Crippen LogP contribution >= 0.6 is 11.6 Å². The maximum Gasteiger partial charge on any atom is 0.181 e. The minimum Gasteiger partial charge on any atom is -0.448 e. The van der Waals surface area contributed by atoms with Crippen LogP contribution in [0, 0.1) is 6.92 Å². The zero-order valence-electron chi connectivity index (χ0n) is 9.06. The number of rotatable bonds is 5. The highest BCUT2D eigenvalue weighted by Crippen LogP contribution is 2.07. The predicted octanol–water partition coefficient (Wildman–Crippen LogP) is 1.79. The Labute approximate surface area is 98.4 Å². The zero-order valence-corrected chi connectivity index (χ0v) is 9.81. The molecule has 2 aromatic rings. The fourth-order valence-corrected chi connectivity index (χ4v) is 1.55. The molecule has 2 rings (SSSR count). The molecule has 6 heteroatoms. The standard InChI is InChI=1S/C10H13ClN4O/c1-8-10(12-7-16-8)6-15-5-9(13-14-15)3-2-4-11/h5,7H,2-4,6H2,1H3. The topological polar surface area (TPSA) is 56.7 Å². The lowest BCUT2D eigenvalue weighted by atomic mass is 10.3. The van der Waals surface area contributed by atoms with E-state index in [-0.39, 0.29) is 0 Å². The summed E-state index contributed by atoms with van der Waals surface area (Å²) in [7, 11) is 0. The van der Waals surface area contributed by atoms with Crippen LogP contribution in [0.25, 0.3) is 0 Å². The van der Waals surface area contributed by atoms with E-state index in [2.05, 4.69) is 15.3 Å². The minimum absolute atomic E-state index is 0.593. The molecule has 0 aliphatic heterocycles. The zero-order chi connectivity index (χ0) is 11.4. The fraction of sp³-hybridized carbons (Fsp3) is 0.500. The van der Waals surface area contributed by atoms with Crippen molar-refractivity contribution in [3.63, 3.8) is 0 Å². The second-order valence-corrected chi connectivity index (χ2v) is 3.93. The second kappa shape index (κ2) is 5.12. The summed E-state index contributed by atoms with van der Waals surface area (Å²) >= 11 is 5.62. The fourth-order valence-electron chi connectivity index (χ4n) is 1.41. The maximum absolute atomic E-state index is 5.62. The molecule has 0 aliphatic rings. The van der Waals surface area contributed by atoms with Crippen molar-refractivity contribution >= 4 is 11.6 Å². The average molecular weight is 241 g/mol. The first-order valence-corrected chi connectivity index (χ1v) is 5.67. The van der Waals surface area contributed by atoms with E-state index in [1.807, 2.05) is 13.1 Å². The van der Waals surface area contributed by atoms with Gasteiger partial charge in [0.05, 0.1) is 12.2 Å². The predicted molar refractivity (Wildman–Crippen MR) is 59.4 cm³/mol. The smallest absolute Gasteiger partial charge is 0.181 e. The van der Waals surface area contributed by atoms with Crippen molar-refractivity contribution in [2.45, 2.75) is 26.3 Å². The van der Waals surface area contributed by atoms with Crippen LogP contribution in [0.5, 0.6) is 0 Å². The van der Waals surface area contributed by atoms with Gasteiger partial charge in [0.2, 0.25) is 0 Å². The van der Waals surface area contributed by atoms with Crippen molar-refractivity contribution in [2.75, 3.05) is 5.88 Å². The monoisotopic (exact) mass is 240 g/mol. The summed E-state index contributed by atoms with van der Waals surface area (Å²) in [5.74, 6) is 1.47. The number of hydrogen-bond acceptors (Lipinski definition) is 4. The number of aromatic nitrogens is 4. The highest BCUT2D eigenvalue weighted by Gasteiger charge is 2.06. The van der Waals surface area contributed by atoms with E-state index in [0.717, 1.165) is 30.0 Å². The van der Waals surface area contributed by atoms with Crippen molar-refractivity contribution < 1.29 is 4.42 Å². The largest absolute Gasteiger partial charge is 0.448 e. The van der Waals surface area contributed by atoms with Crippen LogP contribution in [-0.2, 0) is 13.0 Å². The summed E-state index contributed by atoms with van der Waals surface area (Å²) in [6, 6.07) is 0. The van der Waals surface area contributed by atoms with Gasteiger partial charge in [-0.05, 0) is 19.8 Å². The SMILES string of the molecule is Cc1ocnc1Cn1cc(CCCCl)nn1. The lowest BCUT2D eigenvalue weighted by molar-refractivity contribution is 0.521. The van der Waals surface area contributed by atoms with Crippen LogP contribution in [0.2, 0.25) is 0 Å². The van der Waals surface area contributed by atoms with Crippen LogP contribution in [0.4, 0.5) is 0 Å². The number of nitrogens with zero attached hydrogens (tertiary/aromatic N) is 4. The number of oxazole rings is 1. The molecule has 0 saturated heterocycles. The van der Waals surface area contributed by atoms with Gasteiger partial charge in [-0.1, -0.05) is 5.21 Å². The molecule has 2 aromatic heterocycles. The lowest BCUT2D eigenvalue weighted by Gasteiger charge is -1.96. The Hall–Kier alpha value is -1.36. The first-order chi connectivity index (χ1) is 7.79. The Morgan fingerprint density at radius 2 is 2.38 bits per heavy atom. The van der Waals surface area contributed by atoms with Gasteiger partial charge < -0.3 is 4.42 Å². The first-order valence-electron chi connectivity index (χ1n) is 5.13. The molecule has 16 heavy (non-hydrogen) atoms. The summed E-state index contributed by atoms with van der Waals surface area (Å²) in [5.41, 5.74) is 1.84. The third kappa shape index (κ3) is 2.61. The van der Waals surface area contributed by atoms with Gasteiger partial charge >= 0.3 is 0 Å². The highest BCUT2D eigenvalue weighted by molar-refractivity contribution is 6.17. The molecule has 0 fully saturated rings.